The Morgan fingerprint density at radius 1 is 1.33 bits per heavy atom. The zero-order valence-electron chi connectivity index (χ0n) is 17.2. The van der Waals surface area contributed by atoms with Crippen molar-refractivity contribution in [1.82, 2.24) is 30.3 Å². The number of hydrogen-bond acceptors (Lipinski definition) is 6. The Bertz CT molecular complexity index is 570. The van der Waals surface area contributed by atoms with Gasteiger partial charge in [-0.1, -0.05) is 0 Å². The molecule has 0 radical (unpaired) electrons. The topological polar surface area (TPSA) is 79.6 Å². The number of nitrogens with zero attached hydrogens (tertiary/aromatic N) is 5. The van der Waals surface area contributed by atoms with Crippen molar-refractivity contribution in [1.29, 1.82) is 0 Å². The molecule has 2 heterocycles. The molecule has 0 spiro atoms. The second kappa shape index (κ2) is 12.2. The van der Waals surface area contributed by atoms with Gasteiger partial charge in [-0.15, -0.1) is 10.2 Å². The molecule has 1 saturated heterocycles. The highest BCUT2D eigenvalue weighted by Crippen LogP contribution is 2.10. The highest BCUT2D eigenvalue weighted by molar-refractivity contribution is 7.98. The summed E-state index contributed by atoms with van der Waals surface area (Å²) in [5.74, 6) is 3.82. The van der Waals surface area contributed by atoms with Crippen LogP contribution in [-0.2, 0) is 18.3 Å². The molecule has 0 amide bonds. The van der Waals surface area contributed by atoms with Gasteiger partial charge in [-0.3, -0.25) is 0 Å². The zero-order chi connectivity index (χ0) is 19.5. The Labute approximate surface area is 167 Å². The molecule has 0 aromatic carbocycles. The molecule has 2 N–H and O–H groups in total. The van der Waals surface area contributed by atoms with Gasteiger partial charge < -0.3 is 24.8 Å². The van der Waals surface area contributed by atoms with E-state index < -0.39 is 0 Å². The van der Waals surface area contributed by atoms with E-state index in [9.17, 15) is 0 Å². The third-order valence-electron chi connectivity index (χ3n) is 4.92. The van der Waals surface area contributed by atoms with Gasteiger partial charge in [-0.2, -0.15) is 11.8 Å². The first-order valence-corrected chi connectivity index (χ1v) is 11.1. The fourth-order valence-electron chi connectivity index (χ4n) is 3.03. The number of guanidine groups is 1. The van der Waals surface area contributed by atoms with Crippen LogP contribution in [0.25, 0.3) is 0 Å². The summed E-state index contributed by atoms with van der Waals surface area (Å²) in [5, 5.41) is 15.4. The van der Waals surface area contributed by atoms with Crippen LogP contribution in [0.15, 0.2) is 4.99 Å². The molecule has 2 rings (SSSR count). The van der Waals surface area contributed by atoms with Crippen LogP contribution < -0.4 is 10.6 Å². The van der Waals surface area contributed by atoms with Gasteiger partial charge >= 0.3 is 0 Å². The lowest BCUT2D eigenvalue weighted by atomic mass is 10.1. The zero-order valence-corrected chi connectivity index (χ0v) is 18.0. The highest BCUT2D eigenvalue weighted by Gasteiger charge is 2.19. The van der Waals surface area contributed by atoms with E-state index in [1.807, 2.05) is 30.3 Å². The lowest BCUT2D eigenvalue weighted by Crippen LogP contribution is -2.49. The molecule has 27 heavy (non-hydrogen) atoms. The first kappa shape index (κ1) is 22.0. The maximum absolute atomic E-state index is 5.18. The van der Waals surface area contributed by atoms with E-state index in [-0.39, 0.29) is 0 Å². The predicted octanol–water partition coefficient (Wildman–Crippen LogP) is 1.02. The molecule has 0 aliphatic carbocycles. The van der Waals surface area contributed by atoms with E-state index in [0.717, 1.165) is 75.4 Å². The van der Waals surface area contributed by atoms with Crippen molar-refractivity contribution in [2.24, 2.45) is 12.0 Å². The Hall–Kier alpha value is -1.32. The van der Waals surface area contributed by atoms with Crippen LogP contribution in [0.5, 0.6) is 0 Å². The first-order valence-electron chi connectivity index (χ1n) is 9.74. The number of piperidine rings is 1. The minimum absolute atomic E-state index is 0.455. The van der Waals surface area contributed by atoms with Crippen LogP contribution in [0.3, 0.4) is 0 Å². The van der Waals surface area contributed by atoms with Gasteiger partial charge in [0.15, 0.2) is 11.8 Å². The molecule has 1 aliphatic heterocycles. The Morgan fingerprint density at radius 3 is 2.74 bits per heavy atom. The molecule has 1 aromatic heterocycles. The standard InChI is InChI=1S/C18H35N7OS/c1-15-22-23-17(24(15)2)14-20-18(19-8-5-13-27-4)21-16-6-9-25(10-7-16)11-12-26-3/h16H,5-14H2,1-4H3,(H2,19,20,21). The molecular formula is C18H35N7OS. The highest BCUT2D eigenvalue weighted by atomic mass is 32.2. The summed E-state index contributed by atoms with van der Waals surface area (Å²) in [4.78, 5) is 7.22. The maximum Gasteiger partial charge on any atom is 0.191 e. The van der Waals surface area contributed by atoms with E-state index >= 15 is 0 Å². The minimum atomic E-state index is 0.455. The number of thioether (sulfide) groups is 1. The number of aromatic nitrogens is 3. The summed E-state index contributed by atoms with van der Waals surface area (Å²) in [6.07, 6.45) is 5.51. The molecule has 1 aromatic rings. The molecular weight excluding hydrogens is 362 g/mol. The van der Waals surface area contributed by atoms with Gasteiger partial charge in [-0.25, -0.2) is 4.99 Å². The van der Waals surface area contributed by atoms with Crippen molar-refractivity contribution in [3.63, 3.8) is 0 Å². The number of likely N-dealkylation sites (tertiary alicyclic amines) is 1. The Balaban J connectivity index is 1.88. The van der Waals surface area contributed by atoms with E-state index in [1.54, 1.807) is 7.11 Å². The number of methoxy groups -OCH3 is 1. The third-order valence-corrected chi connectivity index (χ3v) is 5.62. The fraction of sp³-hybridized carbons (Fsp3) is 0.833. The Morgan fingerprint density at radius 2 is 2.11 bits per heavy atom. The number of ether oxygens (including phenoxy) is 1. The van der Waals surface area contributed by atoms with E-state index in [1.165, 1.54) is 0 Å². The van der Waals surface area contributed by atoms with Crippen LogP contribution in [0.2, 0.25) is 0 Å². The summed E-state index contributed by atoms with van der Waals surface area (Å²) in [5.41, 5.74) is 0. The molecule has 0 bridgehead atoms. The van der Waals surface area contributed by atoms with Crippen LogP contribution in [0, 0.1) is 6.92 Å². The van der Waals surface area contributed by atoms with Crippen molar-refractivity contribution in [3.05, 3.63) is 11.6 Å². The summed E-state index contributed by atoms with van der Waals surface area (Å²) in [6.45, 7) is 7.44. The first-order chi connectivity index (χ1) is 13.1. The van der Waals surface area contributed by atoms with Crippen LogP contribution >= 0.6 is 11.8 Å². The summed E-state index contributed by atoms with van der Waals surface area (Å²) in [6, 6.07) is 0.455. The van der Waals surface area contributed by atoms with Gasteiger partial charge in [0.05, 0.1) is 6.61 Å². The maximum atomic E-state index is 5.18. The summed E-state index contributed by atoms with van der Waals surface area (Å²) < 4.78 is 7.17. The summed E-state index contributed by atoms with van der Waals surface area (Å²) >= 11 is 1.87. The average Bonchev–Trinajstić information content (AvgIpc) is 3.00. The Kier molecular flexibility index (Phi) is 9.93. The molecule has 154 valence electrons. The van der Waals surface area contributed by atoms with E-state index in [0.29, 0.717) is 12.6 Å². The molecule has 8 nitrogen and oxygen atoms in total. The van der Waals surface area contributed by atoms with Gasteiger partial charge in [0.25, 0.3) is 0 Å². The fourth-order valence-corrected chi connectivity index (χ4v) is 3.46. The van der Waals surface area contributed by atoms with Crippen LogP contribution in [-0.4, -0.2) is 83.6 Å². The van der Waals surface area contributed by atoms with Crippen molar-refractivity contribution in [2.45, 2.75) is 38.8 Å². The molecule has 9 heteroatoms. The van der Waals surface area contributed by atoms with Crippen molar-refractivity contribution < 1.29 is 4.74 Å². The number of rotatable bonds is 10. The predicted molar refractivity (Wildman–Crippen MR) is 112 cm³/mol. The molecule has 1 fully saturated rings. The van der Waals surface area contributed by atoms with Gasteiger partial charge in [0.2, 0.25) is 0 Å². The van der Waals surface area contributed by atoms with Gasteiger partial charge in [0, 0.05) is 46.4 Å². The number of aliphatic imine (C=N–C) groups is 1. The molecule has 0 atom stereocenters. The minimum Gasteiger partial charge on any atom is -0.383 e. The lowest BCUT2D eigenvalue weighted by Gasteiger charge is -2.32. The lowest BCUT2D eigenvalue weighted by molar-refractivity contribution is 0.128. The number of nitrogens with one attached hydrogen (secondary N) is 2. The van der Waals surface area contributed by atoms with Gasteiger partial charge in [-0.05, 0) is 38.2 Å². The van der Waals surface area contributed by atoms with Crippen molar-refractivity contribution in [2.75, 3.05) is 51.9 Å². The average molecular weight is 398 g/mol. The van der Waals surface area contributed by atoms with E-state index in [4.69, 9.17) is 9.73 Å². The quantitative estimate of drug-likeness (QED) is 0.347. The van der Waals surface area contributed by atoms with E-state index in [2.05, 4.69) is 32.0 Å². The smallest absolute Gasteiger partial charge is 0.191 e. The SMILES string of the molecule is COCCN1CCC(NC(=NCc2nnc(C)n2C)NCCCSC)CC1. The van der Waals surface area contributed by atoms with Crippen LogP contribution in [0.4, 0.5) is 0 Å². The second-order valence-electron chi connectivity index (χ2n) is 6.91. The van der Waals surface area contributed by atoms with Crippen molar-refractivity contribution in [3.8, 4) is 0 Å². The molecule has 0 unspecified atom stereocenters. The second-order valence-corrected chi connectivity index (χ2v) is 7.90. The monoisotopic (exact) mass is 397 g/mol. The van der Waals surface area contributed by atoms with Crippen LogP contribution in [0.1, 0.15) is 30.9 Å². The van der Waals surface area contributed by atoms with Crippen molar-refractivity contribution >= 4 is 17.7 Å². The number of aryl methyl sites for hydroxylation is 1. The molecule has 1 aliphatic rings. The van der Waals surface area contributed by atoms with Gasteiger partial charge in [0.1, 0.15) is 12.4 Å². The normalized spacial score (nSPS) is 16.7. The largest absolute Gasteiger partial charge is 0.383 e. The molecule has 0 saturated carbocycles. The summed E-state index contributed by atoms with van der Waals surface area (Å²) in [7, 11) is 3.74. The number of hydrogen-bond donors (Lipinski definition) is 2. The third kappa shape index (κ3) is 7.67.